The van der Waals surface area contributed by atoms with Gasteiger partial charge in [-0.3, -0.25) is 19.0 Å². The van der Waals surface area contributed by atoms with Crippen molar-refractivity contribution in [2.45, 2.75) is 52.2 Å². The average molecular weight is 437 g/mol. The number of rotatable bonds is 7. The Balaban J connectivity index is 1.38. The minimum atomic E-state index is -0.139. The van der Waals surface area contributed by atoms with Crippen LogP contribution in [-0.2, 0) is 6.54 Å². The molecule has 1 unspecified atom stereocenters. The fourth-order valence-electron chi connectivity index (χ4n) is 4.65. The molecule has 0 aromatic carbocycles. The Morgan fingerprint density at radius 3 is 2.75 bits per heavy atom. The highest BCUT2D eigenvalue weighted by atomic mass is 16.3. The molecule has 4 heterocycles. The van der Waals surface area contributed by atoms with Crippen molar-refractivity contribution in [3.05, 3.63) is 53.4 Å². The van der Waals surface area contributed by atoms with E-state index in [4.69, 9.17) is 4.42 Å². The van der Waals surface area contributed by atoms with Crippen molar-refractivity contribution in [2.75, 3.05) is 26.2 Å². The second-order valence-corrected chi connectivity index (χ2v) is 9.45. The average Bonchev–Trinajstić information content (AvgIpc) is 3.33. The molecule has 3 aromatic heterocycles. The van der Waals surface area contributed by atoms with Gasteiger partial charge in [0, 0.05) is 38.4 Å². The second kappa shape index (κ2) is 8.67. The van der Waals surface area contributed by atoms with Gasteiger partial charge in [-0.1, -0.05) is 0 Å². The van der Waals surface area contributed by atoms with Gasteiger partial charge in [-0.15, -0.1) is 10.2 Å². The molecule has 2 aliphatic rings. The van der Waals surface area contributed by atoms with Gasteiger partial charge in [-0.25, -0.2) is 0 Å². The lowest BCUT2D eigenvalue weighted by Gasteiger charge is -2.42. The quantitative estimate of drug-likeness (QED) is 0.613. The lowest BCUT2D eigenvalue weighted by molar-refractivity contribution is 0.0437. The summed E-state index contributed by atoms with van der Waals surface area (Å²) in [7, 11) is 0. The number of hydrogen-bond acceptors (Lipinski definition) is 6. The summed E-state index contributed by atoms with van der Waals surface area (Å²) in [5.74, 6) is 3.21. The predicted molar refractivity (Wildman–Crippen MR) is 121 cm³/mol. The molecule has 0 spiro atoms. The van der Waals surface area contributed by atoms with Crippen LogP contribution in [0.25, 0.3) is 5.65 Å². The Kier molecular flexibility index (Phi) is 5.73. The van der Waals surface area contributed by atoms with Gasteiger partial charge < -0.3 is 9.73 Å². The fourth-order valence-corrected chi connectivity index (χ4v) is 4.65. The van der Waals surface area contributed by atoms with E-state index in [2.05, 4.69) is 39.2 Å². The van der Waals surface area contributed by atoms with Crippen LogP contribution in [0.4, 0.5) is 0 Å². The van der Waals surface area contributed by atoms with Crippen LogP contribution in [-0.4, -0.2) is 62.5 Å². The third kappa shape index (κ3) is 4.42. The van der Waals surface area contributed by atoms with E-state index in [1.165, 1.54) is 19.4 Å². The zero-order chi connectivity index (χ0) is 22.2. The second-order valence-electron chi connectivity index (χ2n) is 9.45. The van der Waals surface area contributed by atoms with E-state index >= 15 is 0 Å². The number of nitrogens with zero attached hydrogens (tertiary/aromatic N) is 5. The van der Waals surface area contributed by atoms with Gasteiger partial charge in [-0.2, -0.15) is 0 Å². The summed E-state index contributed by atoms with van der Waals surface area (Å²) in [6.07, 6.45) is 4.59. The number of aromatic nitrogens is 3. The summed E-state index contributed by atoms with van der Waals surface area (Å²) in [6, 6.07) is 8.02. The zero-order valence-electron chi connectivity index (χ0n) is 19.1. The molecule has 8 nitrogen and oxygen atoms in total. The zero-order valence-corrected chi connectivity index (χ0v) is 19.1. The predicted octanol–water partition coefficient (Wildman–Crippen LogP) is 3.04. The van der Waals surface area contributed by atoms with Crippen molar-refractivity contribution in [3.8, 4) is 0 Å². The molecule has 0 bridgehead atoms. The number of aryl methyl sites for hydroxylation is 1. The van der Waals surface area contributed by atoms with E-state index in [9.17, 15) is 4.79 Å². The van der Waals surface area contributed by atoms with Crippen molar-refractivity contribution in [3.63, 3.8) is 0 Å². The van der Waals surface area contributed by atoms with Gasteiger partial charge in [0.1, 0.15) is 11.5 Å². The normalized spacial score (nSPS) is 20.3. The van der Waals surface area contributed by atoms with Gasteiger partial charge in [0.25, 0.3) is 5.91 Å². The monoisotopic (exact) mass is 436 g/mol. The molecule has 1 N–H and O–H groups in total. The number of pyridine rings is 1. The number of furan rings is 1. The van der Waals surface area contributed by atoms with Crippen LogP contribution in [0.15, 0.2) is 34.9 Å². The first-order valence-electron chi connectivity index (χ1n) is 11.6. The highest BCUT2D eigenvalue weighted by Gasteiger charge is 2.35. The van der Waals surface area contributed by atoms with E-state index in [0.29, 0.717) is 18.2 Å². The molecule has 170 valence electrons. The van der Waals surface area contributed by atoms with Crippen molar-refractivity contribution >= 4 is 11.6 Å². The van der Waals surface area contributed by atoms with Gasteiger partial charge in [-0.05, 0) is 63.8 Å². The van der Waals surface area contributed by atoms with Crippen molar-refractivity contribution in [1.82, 2.24) is 29.7 Å². The standard InChI is InChI=1S/C24H32N6O2/c1-16(2)29-11-10-28(13-18-5-6-18)15-21(29)23-27-26-22-9-7-19(14-30(22)23)24(31)25-12-20-8-4-17(3)32-20/h4,7-9,14,16,18,21H,5-6,10-13,15H2,1-3H3,(H,25,31). The fraction of sp³-hybridized carbons (Fsp3) is 0.542. The molecule has 1 aliphatic carbocycles. The Labute approximate surface area is 188 Å². The van der Waals surface area contributed by atoms with Gasteiger partial charge >= 0.3 is 0 Å². The molecular formula is C24H32N6O2. The molecule has 1 atom stereocenters. The number of amides is 1. The van der Waals surface area contributed by atoms with Crippen LogP contribution in [0.1, 0.15) is 60.4 Å². The van der Waals surface area contributed by atoms with Crippen LogP contribution >= 0.6 is 0 Å². The smallest absolute Gasteiger partial charge is 0.253 e. The summed E-state index contributed by atoms with van der Waals surface area (Å²) in [5.41, 5.74) is 1.35. The first-order valence-corrected chi connectivity index (χ1v) is 11.6. The maximum Gasteiger partial charge on any atom is 0.253 e. The van der Waals surface area contributed by atoms with Crippen LogP contribution in [0.2, 0.25) is 0 Å². The third-order valence-electron chi connectivity index (χ3n) is 6.59. The molecule has 1 amide bonds. The van der Waals surface area contributed by atoms with Gasteiger partial charge in [0.05, 0.1) is 18.2 Å². The van der Waals surface area contributed by atoms with E-state index in [0.717, 1.165) is 48.5 Å². The molecule has 2 fully saturated rings. The number of carbonyl (C=O) groups is 1. The van der Waals surface area contributed by atoms with E-state index in [1.54, 1.807) is 6.07 Å². The third-order valence-corrected chi connectivity index (χ3v) is 6.59. The van der Waals surface area contributed by atoms with Crippen LogP contribution < -0.4 is 5.32 Å². The highest BCUT2D eigenvalue weighted by Crippen LogP contribution is 2.33. The number of carbonyl (C=O) groups excluding carboxylic acids is 1. The summed E-state index contributed by atoms with van der Waals surface area (Å²) in [5, 5.41) is 11.9. The molecule has 5 rings (SSSR count). The minimum absolute atomic E-state index is 0.139. The van der Waals surface area contributed by atoms with Gasteiger partial charge in [0.2, 0.25) is 0 Å². The van der Waals surface area contributed by atoms with Crippen LogP contribution in [0, 0.1) is 12.8 Å². The Morgan fingerprint density at radius 2 is 2.03 bits per heavy atom. The summed E-state index contributed by atoms with van der Waals surface area (Å²) >= 11 is 0. The lowest BCUT2D eigenvalue weighted by atomic mass is 10.1. The number of piperazine rings is 1. The maximum absolute atomic E-state index is 12.8. The van der Waals surface area contributed by atoms with E-state index in [-0.39, 0.29) is 11.9 Å². The summed E-state index contributed by atoms with van der Waals surface area (Å²) in [6.45, 7) is 11.0. The first kappa shape index (κ1) is 21.2. The number of nitrogens with one attached hydrogen (secondary N) is 1. The number of hydrogen-bond donors (Lipinski definition) is 1. The maximum atomic E-state index is 12.8. The largest absolute Gasteiger partial charge is 0.465 e. The van der Waals surface area contributed by atoms with Crippen LogP contribution in [0.3, 0.4) is 0 Å². The summed E-state index contributed by atoms with van der Waals surface area (Å²) in [4.78, 5) is 17.9. The Bertz CT molecular complexity index is 1100. The first-order chi connectivity index (χ1) is 15.5. The molecule has 0 radical (unpaired) electrons. The highest BCUT2D eigenvalue weighted by molar-refractivity contribution is 5.94. The topological polar surface area (TPSA) is 78.9 Å². The molecule has 1 aliphatic heterocycles. The number of fused-ring (bicyclic) bond motifs is 1. The molecular weight excluding hydrogens is 404 g/mol. The SMILES string of the molecule is Cc1ccc(CNC(=O)c2ccc3nnc(C4CN(CC5CC5)CCN4C(C)C)n3c2)o1. The Hall–Kier alpha value is -2.71. The van der Waals surface area contributed by atoms with Crippen molar-refractivity contribution in [1.29, 1.82) is 0 Å². The molecule has 3 aromatic rings. The van der Waals surface area contributed by atoms with Crippen molar-refractivity contribution < 1.29 is 9.21 Å². The van der Waals surface area contributed by atoms with Gasteiger partial charge in [0.15, 0.2) is 11.5 Å². The Morgan fingerprint density at radius 1 is 1.19 bits per heavy atom. The minimum Gasteiger partial charge on any atom is -0.465 e. The van der Waals surface area contributed by atoms with Crippen LogP contribution in [0.5, 0.6) is 0 Å². The summed E-state index contributed by atoms with van der Waals surface area (Å²) < 4.78 is 7.54. The molecule has 8 heteroatoms. The molecule has 32 heavy (non-hydrogen) atoms. The lowest BCUT2D eigenvalue weighted by Crippen LogP contribution is -2.51. The van der Waals surface area contributed by atoms with Crippen molar-refractivity contribution in [2.24, 2.45) is 5.92 Å². The molecule has 1 saturated carbocycles. The molecule has 1 saturated heterocycles. The van der Waals surface area contributed by atoms with E-state index < -0.39 is 0 Å². The van der Waals surface area contributed by atoms with E-state index in [1.807, 2.05) is 35.7 Å².